The Morgan fingerprint density at radius 3 is 2.76 bits per heavy atom. The highest BCUT2D eigenvalue weighted by Crippen LogP contribution is 2.12. The van der Waals surface area contributed by atoms with Gasteiger partial charge in [0.1, 0.15) is 5.75 Å². The molecule has 0 fully saturated rings. The highest BCUT2D eigenvalue weighted by Gasteiger charge is 2.01. The van der Waals surface area contributed by atoms with Crippen molar-refractivity contribution in [2.75, 3.05) is 7.11 Å². The number of aromatic nitrogens is 2. The fourth-order valence-electron chi connectivity index (χ4n) is 2.09. The summed E-state index contributed by atoms with van der Waals surface area (Å²) in [5.41, 5.74) is 2.29. The van der Waals surface area contributed by atoms with Crippen molar-refractivity contribution in [3.05, 3.63) is 47.8 Å². The molecule has 0 bridgehead atoms. The van der Waals surface area contributed by atoms with Crippen LogP contribution in [-0.2, 0) is 19.6 Å². The SMILES string of the molecule is COc1cccc(CNCc2ccn(CC(C)C)n2)c1.Cl. The van der Waals surface area contributed by atoms with Gasteiger partial charge < -0.3 is 10.1 Å². The van der Waals surface area contributed by atoms with Crippen LogP contribution in [0.1, 0.15) is 25.1 Å². The fraction of sp³-hybridized carbons (Fsp3) is 0.438. The lowest BCUT2D eigenvalue weighted by Crippen LogP contribution is -2.14. The first kappa shape index (κ1) is 17.5. The zero-order valence-electron chi connectivity index (χ0n) is 12.9. The first-order valence-corrected chi connectivity index (χ1v) is 7.03. The molecule has 4 nitrogen and oxygen atoms in total. The zero-order valence-corrected chi connectivity index (χ0v) is 13.7. The van der Waals surface area contributed by atoms with Crippen molar-refractivity contribution in [2.24, 2.45) is 5.92 Å². The first-order chi connectivity index (χ1) is 9.67. The molecule has 5 heteroatoms. The van der Waals surface area contributed by atoms with Crippen LogP contribution in [0.5, 0.6) is 5.75 Å². The number of methoxy groups -OCH3 is 1. The van der Waals surface area contributed by atoms with Gasteiger partial charge in [0.2, 0.25) is 0 Å². The third-order valence-electron chi connectivity index (χ3n) is 3.02. The van der Waals surface area contributed by atoms with E-state index in [0.717, 1.165) is 31.1 Å². The van der Waals surface area contributed by atoms with E-state index >= 15 is 0 Å². The molecule has 116 valence electrons. The molecular formula is C16H24ClN3O. The van der Waals surface area contributed by atoms with E-state index in [-0.39, 0.29) is 12.4 Å². The molecule has 0 spiro atoms. The van der Waals surface area contributed by atoms with Gasteiger partial charge in [-0.15, -0.1) is 12.4 Å². The largest absolute Gasteiger partial charge is 0.497 e. The van der Waals surface area contributed by atoms with Crippen molar-refractivity contribution in [1.82, 2.24) is 15.1 Å². The number of rotatable bonds is 7. The van der Waals surface area contributed by atoms with Crippen LogP contribution in [0.3, 0.4) is 0 Å². The Kier molecular flexibility index (Phi) is 7.26. The molecule has 1 aromatic heterocycles. The molecule has 1 N–H and O–H groups in total. The van der Waals surface area contributed by atoms with Crippen molar-refractivity contribution >= 4 is 12.4 Å². The van der Waals surface area contributed by atoms with Gasteiger partial charge in [0.05, 0.1) is 12.8 Å². The Morgan fingerprint density at radius 2 is 2.05 bits per heavy atom. The summed E-state index contributed by atoms with van der Waals surface area (Å²) in [6.45, 7) is 6.96. The second-order valence-electron chi connectivity index (χ2n) is 5.38. The van der Waals surface area contributed by atoms with Crippen LogP contribution in [-0.4, -0.2) is 16.9 Å². The van der Waals surface area contributed by atoms with Crippen LogP contribution in [0.4, 0.5) is 0 Å². The van der Waals surface area contributed by atoms with Gasteiger partial charge in [0.25, 0.3) is 0 Å². The van der Waals surface area contributed by atoms with E-state index in [1.54, 1.807) is 7.11 Å². The van der Waals surface area contributed by atoms with Gasteiger partial charge >= 0.3 is 0 Å². The molecule has 2 aromatic rings. The van der Waals surface area contributed by atoms with E-state index in [1.165, 1.54) is 5.56 Å². The highest BCUT2D eigenvalue weighted by molar-refractivity contribution is 5.85. The molecule has 21 heavy (non-hydrogen) atoms. The second kappa shape index (κ2) is 8.70. The second-order valence-corrected chi connectivity index (χ2v) is 5.38. The maximum Gasteiger partial charge on any atom is 0.119 e. The average molecular weight is 310 g/mol. The van der Waals surface area contributed by atoms with E-state index in [9.17, 15) is 0 Å². The number of ether oxygens (including phenoxy) is 1. The molecule has 1 heterocycles. The number of hydrogen-bond acceptors (Lipinski definition) is 3. The molecule has 0 radical (unpaired) electrons. The lowest BCUT2D eigenvalue weighted by molar-refractivity contribution is 0.414. The predicted molar refractivity (Wildman–Crippen MR) is 87.9 cm³/mol. The molecule has 1 aromatic carbocycles. The third kappa shape index (κ3) is 5.78. The number of benzene rings is 1. The summed E-state index contributed by atoms with van der Waals surface area (Å²) in [7, 11) is 1.69. The van der Waals surface area contributed by atoms with Crippen molar-refractivity contribution in [1.29, 1.82) is 0 Å². The summed E-state index contributed by atoms with van der Waals surface area (Å²) in [6, 6.07) is 10.2. The molecule has 0 unspecified atom stereocenters. The van der Waals surface area contributed by atoms with Gasteiger partial charge in [0.15, 0.2) is 0 Å². The van der Waals surface area contributed by atoms with E-state index in [2.05, 4.69) is 36.4 Å². The molecule has 0 atom stereocenters. The monoisotopic (exact) mass is 309 g/mol. The van der Waals surface area contributed by atoms with Crippen LogP contribution < -0.4 is 10.1 Å². The normalized spacial score (nSPS) is 10.5. The highest BCUT2D eigenvalue weighted by atomic mass is 35.5. The maximum atomic E-state index is 5.22. The van der Waals surface area contributed by atoms with Crippen LogP contribution in [0.25, 0.3) is 0 Å². The summed E-state index contributed by atoms with van der Waals surface area (Å²) in [6.07, 6.45) is 2.04. The number of hydrogen-bond donors (Lipinski definition) is 1. The zero-order chi connectivity index (χ0) is 14.4. The molecule has 0 amide bonds. The standard InChI is InChI=1S/C16H23N3O.ClH/c1-13(2)12-19-8-7-15(18-19)11-17-10-14-5-4-6-16(9-14)20-3;/h4-9,13,17H,10-12H2,1-3H3;1H. The van der Waals surface area contributed by atoms with E-state index < -0.39 is 0 Å². The molecule has 0 aliphatic heterocycles. The van der Waals surface area contributed by atoms with Crippen LogP contribution >= 0.6 is 12.4 Å². The molecule has 0 aliphatic carbocycles. The van der Waals surface area contributed by atoms with Gasteiger partial charge in [-0.1, -0.05) is 26.0 Å². The Hall–Kier alpha value is -1.52. The molecule has 2 rings (SSSR count). The number of halogens is 1. The minimum Gasteiger partial charge on any atom is -0.497 e. The average Bonchev–Trinajstić information content (AvgIpc) is 2.86. The third-order valence-corrected chi connectivity index (χ3v) is 3.02. The van der Waals surface area contributed by atoms with Crippen molar-refractivity contribution in [3.8, 4) is 5.75 Å². The van der Waals surface area contributed by atoms with Gasteiger partial charge in [-0.25, -0.2) is 0 Å². The molecule has 0 saturated heterocycles. The first-order valence-electron chi connectivity index (χ1n) is 7.03. The smallest absolute Gasteiger partial charge is 0.119 e. The minimum atomic E-state index is 0. The topological polar surface area (TPSA) is 39.1 Å². The van der Waals surface area contributed by atoms with E-state index in [4.69, 9.17) is 4.74 Å². The van der Waals surface area contributed by atoms with Crippen molar-refractivity contribution in [3.63, 3.8) is 0 Å². The maximum absolute atomic E-state index is 5.22. The van der Waals surface area contributed by atoms with E-state index in [1.807, 2.05) is 29.1 Å². The predicted octanol–water partition coefficient (Wildman–Crippen LogP) is 3.26. The van der Waals surface area contributed by atoms with Gasteiger partial charge in [-0.05, 0) is 29.7 Å². The Labute approximate surface area is 132 Å². The number of nitrogens with zero attached hydrogens (tertiary/aromatic N) is 2. The van der Waals surface area contributed by atoms with E-state index in [0.29, 0.717) is 5.92 Å². The summed E-state index contributed by atoms with van der Waals surface area (Å²) >= 11 is 0. The van der Waals surface area contributed by atoms with Gasteiger partial charge in [-0.3, -0.25) is 4.68 Å². The summed E-state index contributed by atoms with van der Waals surface area (Å²) in [4.78, 5) is 0. The molecule has 0 saturated carbocycles. The Balaban J connectivity index is 0.00000220. The summed E-state index contributed by atoms with van der Waals surface area (Å²) in [5.74, 6) is 1.51. The molecular weight excluding hydrogens is 286 g/mol. The van der Waals surface area contributed by atoms with Crippen molar-refractivity contribution in [2.45, 2.75) is 33.5 Å². The van der Waals surface area contributed by atoms with Crippen LogP contribution in [0.15, 0.2) is 36.5 Å². The number of nitrogens with one attached hydrogen (secondary N) is 1. The lowest BCUT2D eigenvalue weighted by Gasteiger charge is -2.06. The Morgan fingerprint density at radius 1 is 1.24 bits per heavy atom. The minimum absolute atomic E-state index is 0. The Bertz CT molecular complexity index is 540. The summed E-state index contributed by atoms with van der Waals surface area (Å²) < 4.78 is 7.22. The fourth-order valence-corrected chi connectivity index (χ4v) is 2.09. The van der Waals surface area contributed by atoms with Crippen LogP contribution in [0, 0.1) is 5.92 Å². The quantitative estimate of drug-likeness (QED) is 0.853. The van der Waals surface area contributed by atoms with Crippen LogP contribution in [0.2, 0.25) is 0 Å². The van der Waals surface area contributed by atoms with Gasteiger partial charge in [-0.2, -0.15) is 5.10 Å². The summed E-state index contributed by atoms with van der Waals surface area (Å²) in [5, 5.41) is 7.95. The molecule has 0 aliphatic rings. The van der Waals surface area contributed by atoms with Crippen molar-refractivity contribution < 1.29 is 4.74 Å². The van der Waals surface area contributed by atoms with Gasteiger partial charge in [0, 0.05) is 25.8 Å². The lowest BCUT2D eigenvalue weighted by atomic mass is 10.2.